The highest BCUT2D eigenvalue weighted by molar-refractivity contribution is 7.99. The molecule has 1 amide bonds. The molecule has 0 saturated carbocycles. The van der Waals surface area contributed by atoms with Gasteiger partial charge in [0.2, 0.25) is 10.0 Å². The lowest BCUT2D eigenvalue weighted by atomic mass is 9.90. The standard InChI is InChI=1S/C15H21N3O5S2/c1-15(14(20)21)2-3-17(10-15)13(19)12-8-11(9-16-12)25(22,23)18-4-6-24-7-5-18/h8-9,16H,2-7,10H2,1H3,(H,20,21). The number of carboxylic acids is 1. The molecule has 25 heavy (non-hydrogen) atoms. The maximum absolute atomic E-state index is 12.6. The molecule has 0 spiro atoms. The molecule has 0 aromatic carbocycles. The van der Waals surface area contributed by atoms with E-state index in [0.717, 1.165) is 11.5 Å². The average molecular weight is 387 g/mol. The van der Waals surface area contributed by atoms with E-state index in [1.165, 1.54) is 21.5 Å². The van der Waals surface area contributed by atoms with Gasteiger partial charge in [-0.2, -0.15) is 16.1 Å². The molecule has 0 radical (unpaired) electrons. The number of carbonyl (C=O) groups is 2. The number of nitrogens with zero attached hydrogens (tertiary/aromatic N) is 2. The SMILES string of the molecule is CC1(C(=O)O)CCN(C(=O)c2cc(S(=O)(=O)N3CCSCC3)c[nH]2)C1. The number of aromatic nitrogens is 1. The van der Waals surface area contributed by atoms with Crippen molar-refractivity contribution in [3.8, 4) is 0 Å². The summed E-state index contributed by atoms with van der Waals surface area (Å²) in [7, 11) is -3.61. The van der Waals surface area contributed by atoms with Crippen LogP contribution in [-0.4, -0.2) is 77.3 Å². The molecule has 1 aromatic rings. The highest BCUT2D eigenvalue weighted by Crippen LogP contribution is 2.31. The molecular weight excluding hydrogens is 366 g/mol. The second-order valence-electron chi connectivity index (χ2n) is 6.61. The van der Waals surface area contributed by atoms with Crippen molar-refractivity contribution in [3.63, 3.8) is 0 Å². The monoisotopic (exact) mass is 387 g/mol. The normalized spacial score (nSPS) is 25.2. The molecule has 0 bridgehead atoms. The van der Waals surface area contributed by atoms with E-state index in [0.29, 0.717) is 26.1 Å². The zero-order valence-electron chi connectivity index (χ0n) is 13.9. The second kappa shape index (κ2) is 6.65. The fourth-order valence-electron chi connectivity index (χ4n) is 3.06. The zero-order valence-corrected chi connectivity index (χ0v) is 15.5. The predicted molar refractivity (Wildman–Crippen MR) is 93.1 cm³/mol. The van der Waals surface area contributed by atoms with Crippen LogP contribution in [0.4, 0.5) is 0 Å². The van der Waals surface area contributed by atoms with Crippen molar-refractivity contribution in [1.29, 1.82) is 0 Å². The Morgan fingerprint density at radius 3 is 2.56 bits per heavy atom. The third kappa shape index (κ3) is 3.42. The van der Waals surface area contributed by atoms with Gasteiger partial charge in [-0.25, -0.2) is 8.42 Å². The molecule has 10 heteroatoms. The summed E-state index contributed by atoms with van der Waals surface area (Å²) in [5.74, 6) is 0.217. The summed E-state index contributed by atoms with van der Waals surface area (Å²) in [6.07, 6.45) is 1.71. The molecule has 1 aromatic heterocycles. The van der Waals surface area contributed by atoms with Gasteiger partial charge in [-0.1, -0.05) is 0 Å². The van der Waals surface area contributed by atoms with E-state index in [4.69, 9.17) is 0 Å². The number of carbonyl (C=O) groups excluding carboxylic acids is 1. The van der Waals surface area contributed by atoms with Gasteiger partial charge in [0.05, 0.1) is 5.41 Å². The lowest BCUT2D eigenvalue weighted by molar-refractivity contribution is -0.147. The van der Waals surface area contributed by atoms with Crippen molar-refractivity contribution in [2.75, 3.05) is 37.7 Å². The molecule has 138 valence electrons. The Hall–Kier alpha value is -1.52. The highest BCUT2D eigenvalue weighted by Gasteiger charge is 2.42. The van der Waals surface area contributed by atoms with Gasteiger partial charge in [-0.15, -0.1) is 0 Å². The molecule has 3 rings (SSSR count). The van der Waals surface area contributed by atoms with Crippen LogP contribution >= 0.6 is 11.8 Å². The van der Waals surface area contributed by atoms with Crippen molar-refractivity contribution in [1.82, 2.24) is 14.2 Å². The number of sulfonamides is 1. The summed E-state index contributed by atoms with van der Waals surface area (Å²) in [5.41, 5.74) is -0.789. The summed E-state index contributed by atoms with van der Waals surface area (Å²) in [6.45, 7) is 2.99. The van der Waals surface area contributed by atoms with Gasteiger partial charge in [0.1, 0.15) is 10.6 Å². The Bertz CT molecular complexity index is 785. The summed E-state index contributed by atoms with van der Waals surface area (Å²) in [5, 5.41) is 9.27. The maximum atomic E-state index is 12.6. The van der Waals surface area contributed by atoms with Crippen LogP contribution in [0.2, 0.25) is 0 Å². The minimum Gasteiger partial charge on any atom is -0.481 e. The van der Waals surface area contributed by atoms with E-state index < -0.39 is 21.4 Å². The van der Waals surface area contributed by atoms with Crippen LogP contribution < -0.4 is 0 Å². The van der Waals surface area contributed by atoms with E-state index in [2.05, 4.69) is 4.98 Å². The van der Waals surface area contributed by atoms with E-state index in [1.807, 2.05) is 0 Å². The largest absolute Gasteiger partial charge is 0.481 e. The van der Waals surface area contributed by atoms with Crippen LogP contribution in [-0.2, 0) is 14.8 Å². The molecule has 1 unspecified atom stereocenters. The van der Waals surface area contributed by atoms with Crippen molar-refractivity contribution in [2.24, 2.45) is 5.41 Å². The molecule has 2 aliphatic heterocycles. The Morgan fingerprint density at radius 1 is 1.28 bits per heavy atom. The van der Waals surface area contributed by atoms with E-state index in [-0.39, 0.29) is 23.0 Å². The van der Waals surface area contributed by atoms with Gasteiger partial charge in [-0.3, -0.25) is 9.59 Å². The van der Waals surface area contributed by atoms with Gasteiger partial charge in [0.15, 0.2) is 0 Å². The lowest BCUT2D eigenvalue weighted by Gasteiger charge is -2.24. The fourth-order valence-corrected chi connectivity index (χ4v) is 5.63. The number of hydrogen-bond acceptors (Lipinski definition) is 5. The lowest BCUT2D eigenvalue weighted by Crippen LogP contribution is -2.37. The number of carboxylic acid groups (broad SMARTS) is 1. The van der Waals surface area contributed by atoms with Gasteiger partial charge < -0.3 is 15.0 Å². The predicted octanol–water partition coefficient (Wildman–Crippen LogP) is 0.689. The number of thioether (sulfide) groups is 1. The van der Waals surface area contributed by atoms with Crippen LogP contribution in [0.5, 0.6) is 0 Å². The highest BCUT2D eigenvalue weighted by atomic mass is 32.2. The number of likely N-dealkylation sites (tertiary alicyclic amines) is 1. The quantitative estimate of drug-likeness (QED) is 0.786. The topological polar surface area (TPSA) is 111 Å². The number of aromatic amines is 1. The fraction of sp³-hybridized carbons (Fsp3) is 0.600. The number of aliphatic carboxylic acids is 1. The first-order valence-electron chi connectivity index (χ1n) is 8.03. The van der Waals surface area contributed by atoms with Crippen molar-refractivity contribution in [3.05, 3.63) is 18.0 Å². The molecular formula is C15H21N3O5S2. The summed E-state index contributed by atoms with van der Waals surface area (Å²) in [4.78, 5) is 28.1. The Balaban J connectivity index is 1.75. The van der Waals surface area contributed by atoms with Gasteiger partial charge >= 0.3 is 5.97 Å². The van der Waals surface area contributed by atoms with Crippen LogP contribution in [0.15, 0.2) is 17.2 Å². The first-order chi connectivity index (χ1) is 11.7. The Morgan fingerprint density at radius 2 is 1.96 bits per heavy atom. The van der Waals surface area contributed by atoms with Crippen LogP contribution in [0.3, 0.4) is 0 Å². The second-order valence-corrected chi connectivity index (χ2v) is 9.77. The molecule has 3 heterocycles. The summed E-state index contributed by atoms with van der Waals surface area (Å²) < 4.78 is 26.7. The molecule has 2 fully saturated rings. The van der Waals surface area contributed by atoms with Gasteiger partial charge in [0, 0.05) is 43.9 Å². The third-order valence-corrected chi connectivity index (χ3v) is 7.59. The number of rotatable bonds is 4. The van der Waals surface area contributed by atoms with Crippen molar-refractivity contribution < 1.29 is 23.1 Å². The first kappa shape index (κ1) is 18.3. The van der Waals surface area contributed by atoms with Crippen LogP contribution in [0.1, 0.15) is 23.8 Å². The Labute approximate surface area is 150 Å². The number of hydrogen-bond donors (Lipinski definition) is 2. The maximum Gasteiger partial charge on any atom is 0.311 e. The molecule has 1 atom stereocenters. The van der Waals surface area contributed by atoms with Crippen LogP contribution in [0, 0.1) is 5.41 Å². The van der Waals surface area contributed by atoms with Crippen LogP contribution in [0.25, 0.3) is 0 Å². The van der Waals surface area contributed by atoms with E-state index >= 15 is 0 Å². The first-order valence-corrected chi connectivity index (χ1v) is 10.6. The smallest absolute Gasteiger partial charge is 0.311 e. The van der Waals surface area contributed by atoms with Crippen molar-refractivity contribution >= 4 is 33.7 Å². The molecule has 0 aliphatic carbocycles. The minimum absolute atomic E-state index is 0.0722. The van der Waals surface area contributed by atoms with Gasteiger partial charge in [0.25, 0.3) is 5.91 Å². The molecule has 2 aliphatic rings. The molecule has 2 saturated heterocycles. The zero-order chi connectivity index (χ0) is 18.2. The number of amides is 1. The van der Waals surface area contributed by atoms with Gasteiger partial charge in [-0.05, 0) is 19.4 Å². The average Bonchev–Trinajstić information content (AvgIpc) is 3.23. The molecule has 8 nitrogen and oxygen atoms in total. The number of H-pyrrole nitrogens is 1. The minimum atomic E-state index is -3.61. The summed E-state index contributed by atoms with van der Waals surface area (Å²) >= 11 is 1.72. The molecule has 2 N–H and O–H groups in total. The third-order valence-electron chi connectivity index (χ3n) is 4.77. The Kier molecular flexibility index (Phi) is 4.86. The van der Waals surface area contributed by atoms with E-state index in [9.17, 15) is 23.1 Å². The van der Waals surface area contributed by atoms with Crippen molar-refractivity contribution in [2.45, 2.75) is 18.2 Å². The summed E-state index contributed by atoms with van der Waals surface area (Å²) in [6, 6.07) is 1.34. The number of nitrogens with one attached hydrogen (secondary N) is 1. The van der Waals surface area contributed by atoms with E-state index in [1.54, 1.807) is 18.7 Å².